The molecule has 1 aromatic rings. The molecule has 114 valence electrons. The molecule has 6 nitrogen and oxygen atoms in total. The molecule has 21 heavy (non-hydrogen) atoms. The van der Waals surface area contributed by atoms with Crippen molar-refractivity contribution in [2.75, 3.05) is 19.8 Å². The third-order valence-electron chi connectivity index (χ3n) is 3.61. The van der Waals surface area contributed by atoms with Crippen LogP contribution < -0.4 is 5.32 Å². The molecular weight excluding hydrogens is 274 g/mol. The van der Waals surface area contributed by atoms with Crippen LogP contribution in [0.25, 0.3) is 0 Å². The van der Waals surface area contributed by atoms with Gasteiger partial charge in [-0.05, 0) is 12.5 Å². The van der Waals surface area contributed by atoms with Crippen molar-refractivity contribution in [3.63, 3.8) is 0 Å². The Morgan fingerprint density at radius 1 is 1.33 bits per heavy atom. The van der Waals surface area contributed by atoms with Crippen LogP contribution in [0.2, 0.25) is 0 Å². The minimum atomic E-state index is -1.17. The molecule has 0 aliphatic carbocycles. The first-order valence-corrected chi connectivity index (χ1v) is 7.02. The molecule has 0 radical (unpaired) electrons. The fraction of sp³-hybridized carbons (Fsp3) is 0.533. The van der Waals surface area contributed by atoms with E-state index >= 15 is 0 Å². The topological polar surface area (TPSA) is 66.0 Å². The van der Waals surface area contributed by atoms with Gasteiger partial charge in [0.15, 0.2) is 0 Å². The van der Waals surface area contributed by atoms with Gasteiger partial charge in [-0.3, -0.25) is 0 Å². The summed E-state index contributed by atoms with van der Waals surface area (Å²) in [5.41, 5.74) is 0.606. The predicted molar refractivity (Wildman–Crippen MR) is 73.4 cm³/mol. The van der Waals surface area contributed by atoms with Crippen LogP contribution in [-0.2, 0) is 25.6 Å². The van der Waals surface area contributed by atoms with Gasteiger partial charge in [0.05, 0.1) is 18.8 Å². The van der Waals surface area contributed by atoms with E-state index in [1.807, 2.05) is 37.3 Å². The standard InChI is InChI=1S/C15H19NO5/c1-14-7-8-19-15(21-14,20-11-14)10-16-13(17)18-9-12-5-3-2-4-6-12/h2-6H,7-11H2,1H3,(H,16,17). The van der Waals surface area contributed by atoms with Crippen LogP contribution in [0.1, 0.15) is 18.9 Å². The summed E-state index contributed by atoms with van der Waals surface area (Å²) in [6.07, 6.45) is 0.260. The van der Waals surface area contributed by atoms with Crippen LogP contribution in [0.3, 0.4) is 0 Å². The van der Waals surface area contributed by atoms with Crippen LogP contribution in [0, 0.1) is 0 Å². The Bertz CT molecular complexity index is 508. The zero-order valence-electron chi connectivity index (χ0n) is 12.0. The van der Waals surface area contributed by atoms with Gasteiger partial charge in [0.25, 0.3) is 0 Å². The first-order chi connectivity index (χ1) is 10.1. The molecule has 1 amide bonds. The van der Waals surface area contributed by atoms with Crippen molar-refractivity contribution in [1.29, 1.82) is 0 Å². The van der Waals surface area contributed by atoms with E-state index in [0.717, 1.165) is 12.0 Å². The lowest BCUT2D eigenvalue weighted by Gasteiger charge is -2.35. The van der Waals surface area contributed by atoms with E-state index in [-0.39, 0.29) is 18.8 Å². The molecule has 6 heteroatoms. The molecule has 2 fully saturated rings. The molecule has 0 spiro atoms. The Labute approximate surface area is 123 Å². The second kappa shape index (κ2) is 5.63. The third-order valence-corrected chi connectivity index (χ3v) is 3.61. The third kappa shape index (κ3) is 3.34. The maximum absolute atomic E-state index is 11.7. The van der Waals surface area contributed by atoms with Gasteiger partial charge in [-0.2, -0.15) is 0 Å². The summed E-state index contributed by atoms with van der Waals surface area (Å²) in [6, 6.07) is 9.49. The summed E-state index contributed by atoms with van der Waals surface area (Å²) in [6.45, 7) is 3.33. The zero-order valence-corrected chi connectivity index (χ0v) is 12.0. The first kappa shape index (κ1) is 14.3. The van der Waals surface area contributed by atoms with Crippen LogP contribution in [-0.4, -0.2) is 37.4 Å². The minimum Gasteiger partial charge on any atom is -0.445 e. The fourth-order valence-corrected chi connectivity index (χ4v) is 2.41. The molecule has 0 saturated carbocycles. The average Bonchev–Trinajstić information content (AvgIpc) is 2.74. The lowest BCUT2D eigenvalue weighted by molar-refractivity contribution is -0.361. The SMILES string of the molecule is CC12CCOC(CNC(=O)OCc3ccccc3)(OC1)O2. The molecule has 2 aliphatic rings. The molecule has 2 aliphatic heterocycles. The van der Waals surface area contributed by atoms with E-state index in [1.165, 1.54) is 0 Å². The number of nitrogens with one attached hydrogen (secondary N) is 1. The Balaban J connectivity index is 1.46. The number of amides is 1. The zero-order chi connectivity index (χ0) is 14.8. The number of carbonyl (C=O) groups excluding carboxylic acids is 1. The Morgan fingerprint density at radius 3 is 2.95 bits per heavy atom. The van der Waals surface area contributed by atoms with Crippen LogP contribution in [0.5, 0.6) is 0 Å². The summed E-state index contributed by atoms with van der Waals surface area (Å²) in [7, 11) is 0. The highest BCUT2D eigenvalue weighted by Crippen LogP contribution is 2.38. The molecule has 2 saturated heterocycles. The molecule has 1 aromatic carbocycles. The smallest absolute Gasteiger partial charge is 0.407 e. The number of hydrogen-bond acceptors (Lipinski definition) is 5. The van der Waals surface area contributed by atoms with Crippen LogP contribution in [0.15, 0.2) is 30.3 Å². The molecule has 1 N–H and O–H groups in total. The lowest BCUT2D eigenvalue weighted by atomic mass is 10.0. The van der Waals surface area contributed by atoms with E-state index in [2.05, 4.69) is 5.32 Å². The van der Waals surface area contributed by atoms with Crippen molar-refractivity contribution < 1.29 is 23.7 Å². The number of ether oxygens (including phenoxy) is 4. The normalized spacial score (nSPS) is 30.9. The number of hydrogen-bond donors (Lipinski definition) is 1. The van der Waals surface area contributed by atoms with E-state index < -0.39 is 12.1 Å². The molecule has 0 aromatic heterocycles. The highest BCUT2D eigenvalue weighted by Gasteiger charge is 2.52. The van der Waals surface area contributed by atoms with Gasteiger partial charge >= 0.3 is 12.1 Å². The van der Waals surface area contributed by atoms with Gasteiger partial charge in [-0.1, -0.05) is 30.3 Å². The highest BCUT2D eigenvalue weighted by molar-refractivity contribution is 5.67. The highest BCUT2D eigenvalue weighted by atomic mass is 16.9. The van der Waals surface area contributed by atoms with Gasteiger partial charge in [0.1, 0.15) is 13.2 Å². The summed E-state index contributed by atoms with van der Waals surface area (Å²) in [4.78, 5) is 11.7. The Kier molecular flexibility index (Phi) is 3.84. The van der Waals surface area contributed by atoms with E-state index in [1.54, 1.807) is 0 Å². The molecule has 2 heterocycles. The summed E-state index contributed by atoms with van der Waals surface area (Å²) in [5, 5.41) is 2.62. The molecular formula is C15H19NO5. The van der Waals surface area contributed by atoms with Crippen LogP contribution in [0.4, 0.5) is 4.79 Å². The number of fused-ring (bicyclic) bond motifs is 2. The maximum atomic E-state index is 11.7. The summed E-state index contributed by atoms with van der Waals surface area (Å²) < 4.78 is 22.0. The first-order valence-electron chi connectivity index (χ1n) is 7.02. The second-order valence-corrected chi connectivity index (χ2v) is 5.54. The van der Waals surface area contributed by atoms with Gasteiger partial charge in [-0.25, -0.2) is 4.79 Å². The summed E-state index contributed by atoms with van der Waals surface area (Å²) >= 11 is 0. The van der Waals surface area contributed by atoms with Gasteiger partial charge < -0.3 is 24.3 Å². The van der Waals surface area contributed by atoms with E-state index in [4.69, 9.17) is 18.9 Å². The van der Waals surface area contributed by atoms with Crippen molar-refractivity contribution in [2.24, 2.45) is 0 Å². The molecule has 2 bridgehead atoms. The van der Waals surface area contributed by atoms with Gasteiger partial charge in [-0.15, -0.1) is 0 Å². The average molecular weight is 293 g/mol. The summed E-state index contributed by atoms with van der Waals surface area (Å²) in [5.74, 6) is -1.17. The fourth-order valence-electron chi connectivity index (χ4n) is 2.41. The number of rotatable bonds is 4. The van der Waals surface area contributed by atoms with E-state index in [0.29, 0.717) is 13.2 Å². The second-order valence-electron chi connectivity index (χ2n) is 5.54. The minimum absolute atomic E-state index is 0.107. The van der Waals surface area contributed by atoms with Crippen molar-refractivity contribution in [2.45, 2.75) is 31.5 Å². The number of benzene rings is 1. The van der Waals surface area contributed by atoms with Crippen molar-refractivity contribution in [1.82, 2.24) is 5.32 Å². The number of alkyl carbamates (subject to hydrolysis) is 1. The monoisotopic (exact) mass is 293 g/mol. The molecule has 2 unspecified atom stereocenters. The predicted octanol–water partition coefficient (Wildman–Crippen LogP) is 1.79. The largest absolute Gasteiger partial charge is 0.445 e. The maximum Gasteiger partial charge on any atom is 0.407 e. The lowest BCUT2D eigenvalue weighted by Crippen LogP contribution is -2.50. The number of carbonyl (C=O) groups is 1. The van der Waals surface area contributed by atoms with Crippen molar-refractivity contribution in [3.8, 4) is 0 Å². The van der Waals surface area contributed by atoms with E-state index in [9.17, 15) is 4.79 Å². The van der Waals surface area contributed by atoms with Crippen LogP contribution >= 0.6 is 0 Å². The van der Waals surface area contributed by atoms with Gasteiger partial charge in [0, 0.05) is 6.42 Å². The molecule has 3 rings (SSSR count). The Morgan fingerprint density at radius 2 is 2.14 bits per heavy atom. The Hall–Kier alpha value is -1.63. The van der Waals surface area contributed by atoms with Gasteiger partial charge in [0.2, 0.25) is 0 Å². The molecule has 2 atom stereocenters. The quantitative estimate of drug-likeness (QED) is 0.917. The van der Waals surface area contributed by atoms with Crippen molar-refractivity contribution >= 4 is 6.09 Å². The van der Waals surface area contributed by atoms with Crippen molar-refractivity contribution in [3.05, 3.63) is 35.9 Å².